The molecule has 0 heterocycles. The molecule has 3 rings (SSSR count). The van der Waals surface area contributed by atoms with Gasteiger partial charge in [0.2, 0.25) is 0 Å². The van der Waals surface area contributed by atoms with Crippen LogP contribution in [-0.2, 0) is 6.42 Å². The van der Waals surface area contributed by atoms with Crippen LogP contribution < -0.4 is 0 Å². The molecule has 1 aromatic carbocycles. The molecule has 23 heavy (non-hydrogen) atoms. The Morgan fingerprint density at radius 3 is 2.61 bits per heavy atom. The zero-order chi connectivity index (χ0) is 16.8. The lowest BCUT2D eigenvalue weighted by Crippen LogP contribution is -2.49. The fourth-order valence-electron chi connectivity index (χ4n) is 5.49. The maximum absolute atomic E-state index is 10.2. The van der Waals surface area contributed by atoms with Gasteiger partial charge in [0, 0.05) is 0 Å². The van der Waals surface area contributed by atoms with E-state index in [1.807, 2.05) is 0 Å². The minimum atomic E-state index is 0.237. The van der Waals surface area contributed by atoms with E-state index < -0.39 is 0 Å². The molecule has 0 spiro atoms. The normalized spacial score (nSPS) is 33.0. The molecular weight excluding hydrogens is 284 g/mol. The SMILES string of the molecule is CC1=CCC2C(C)(C)CCC[C@]2(C)[C@H]1Cc1cc(O)ccc1O. The van der Waals surface area contributed by atoms with Crippen LogP contribution in [0.5, 0.6) is 11.5 Å². The molecule has 0 saturated heterocycles. The van der Waals surface area contributed by atoms with Gasteiger partial charge in [-0.2, -0.15) is 0 Å². The molecule has 2 nitrogen and oxygen atoms in total. The number of hydrogen-bond acceptors (Lipinski definition) is 2. The van der Waals surface area contributed by atoms with Crippen molar-refractivity contribution in [3.63, 3.8) is 0 Å². The summed E-state index contributed by atoms with van der Waals surface area (Å²) in [6, 6.07) is 4.89. The van der Waals surface area contributed by atoms with Gasteiger partial charge < -0.3 is 10.2 Å². The minimum Gasteiger partial charge on any atom is -0.508 e. The maximum Gasteiger partial charge on any atom is 0.119 e. The van der Waals surface area contributed by atoms with E-state index in [-0.39, 0.29) is 11.2 Å². The Hall–Kier alpha value is -1.44. The Morgan fingerprint density at radius 1 is 1.13 bits per heavy atom. The molecule has 126 valence electrons. The third kappa shape index (κ3) is 2.77. The van der Waals surface area contributed by atoms with Gasteiger partial charge in [0.1, 0.15) is 11.5 Å². The number of fused-ring (bicyclic) bond motifs is 1. The highest BCUT2D eigenvalue weighted by atomic mass is 16.3. The van der Waals surface area contributed by atoms with Crippen molar-refractivity contribution < 1.29 is 10.2 Å². The Balaban J connectivity index is 1.98. The molecule has 2 aliphatic carbocycles. The summed E-state index contributed by atoms with van der Waals surface area (Å²) in [5.41, 5.74) is 2.97. The third-order valence-corrected chi connectivity index (χ3v) is 6.78. The van der Waals surface area contributed by atoms with Crippen LogP contribution >= 0.6 is 0 Å². The maximum atomic E-state index is 10.2. The van der Waals surface area contributed by atoms with Gasteiger partial charge in [-0.05, 0) is 79.0 Å². The molecule has 0 amide bonds. The lowest BCUT2D eigenvalue weighted by Gasteiger charge is -2.57. The summed E-state index contributed by atoms with van der Waals surface area (Å²) in [4.78, 5) is 0. The van der Waals surface area contributed by atoms with Crippen LogP contribution in [0.2, 0.25) is 0 Å². The van der Waals surface area contributed by atoms with Gasteiger partial charge >= 0.3 is 0 Å². The van der Waals surface area contributed by atoms with Crippen LogP contribution in [0.1, 0.15) is 58.9 Å². The lowest BCUT2D eigenvalue weighted by molar-refractivity contribution is -0.0369. The van der Waals surface area contributed by atoms with Crippen molar-refractivity contribution in [2.75, 3.05) is 0 Å². The summed E-state index contributed by atoms with van der Waals surface area (Å²) in [5.74, 6) is 1.67. The third-order valence-electron chi connectivity index (χ3n) is 6.78. The van der Waals surface area contributed by atoms with Crippen molar-refractivity contribution in [2.24, 2.45) is 22.7 Å². The molecule has 2 N–H and O–H groups in total. The second kappa shape index (κ2) is 5.58. The standard InChI is InChI=1S/C21H30O2/c1-14-6-9-19-20(2,3)10-5-11-21(19,4)17(14)13-15-12-16(22)7-8-18(15)23/h6-8,12,17,19,22-23H,5,9-11,13H2,1-4H3/t17-,19?,21+/m0/s1. The minimum absolute atomic E-state index is 0.237. The molecule has 1 aromatic rings. The molecule has 1 saturated carbocycles. The topological polar surface area (TPSA) is 40.5 Å². The van der Waals surface area contributed by atoms with E-state index in [0.717, 1.165) is 12.0 Å². The lowest BCUT2D eigenvalue weighted by atomic mass is 9.48. The first kappa shape index (κ1) is 16.4. The Bertz CT molecular complexity index is 629. The fourth-order valence-corrected chi connectivity index (χ4v) is 5.49. The molecule has 0 radical (unpaired) electrons. The number of phenolic OH excluding ortho intramolecular Hbond substituents is 2. The number of aromatic hydroxyl groups is 2. The predicted molar refractivity (Wildman–Crippen MR) is 94.6 cm³/mol. The Labute approximate surface area is 140 Å². The molecule has 3 atom stereocenters. The smallest absolute Gasteiger partial charge is 0.119 e. The Morgan fingerprint density at radius 2 is 1.87 bits per heavy atom. The summed E-state index contributed by atoms with van der Waals surface area (Å²) in [7, 11) is 0. The molecule has 0 bridgehead atoms. The largest absolute Gasteiger partial charge is 0.508 e. The van der Waals surface area contributed by atoms with E-state index in [1.54, 1.807) is 18.2 Å². The summed E-state index contributed by atoms with van der Waals surface area (Å²) in [6.45, 7) is 9.55. The number of benzene rings is 1. The highest BCUT2D eigenvalue weighted by molar-refractivity contribution is 5.40. The van der Waals surface area contributed by atoms with Gasteiger partial charge in [-0.3, -0.25) is 0 Å². The average Bonchev–Trinajstić information content (AvgIpc) is 2.45. The van der Waals surface area contributed by atoms with Crippen molar-refractivity contribution in [3.05, 3.63) is 35.4 Å². The second-order valence-corrected chi connectivity index (χ2v) is 8.65. The summed E-state index contributed by atoms with van der Waals surface area (Å²) in [5, 5.41) is 20.0. The highest BCUT2D eigenvalue weighted by Gasteiger charge is 2.51. The molecule has 0 aliphatic heterocycles. The van der Waals surface area contributed by atoms with Crippen molar-refractivity contribution in [2.45, 2.75) is 59.8 Å². The average molecular weight is 314 g/mol. The van der Waals surface area contributed by atoms with Gasteiger partial charge in [-0.15, -0.1) is 0 Å². The number of hydrogen-bond donors (Lipinski definition) is 2. The summed E-state index contributed by atoms with van der Waals surface area (Å²) >= 11 is 0. The van der Waals surface area contributed by atoms with Crippen LogP contribution in [0.4, 0.5) is 0 Å². The van der Waals surface area contributed by atoms with Gasteiger partial charge in [0.05, 0.1) is 0 Å². The van der Waals surface area contributed by atoms with E-state index in [9.17, 15) is 10.2 Å². The zero-order valence-electron chi connectivity index (χ0n) is 14.9. The molecule has 1 fully saturated rings. The van der Waals surface area contributed by atoms with Gasteiger partial charge in [0.25, 0.3) is 0 Å². The van der Waals surface area contributed by atoms with Crippen LogP contribution in [0.25, 0.3) is 0 Å². The first-order chi connectivity index (χ1) is 10.7. The van der Waals surface area contributed by atoms with Crippen molar-refractivity contribution >= 4 is 0 Å². The van der Waals surface area contributed by atoms with Crippen molar-refractivity contribution in [1.82, 2.24) is 0 Å². The fraction of sp³-hybridized carbons (Fsp3) is 0.619. The highest BCUT2D eigenvalue weighted by Crippen LogP contribution is 2.60. The molecule has 2 heteroatoms. The predicted octanol–water partition coefficient (Wildman–Crippen LogP) is 5.44. The monoisotopic (exact) mass is 314 g/mol. The van der Waals surface area contributed by atoms with Crippen LogP contribution in [0, 0.1) is 22.7 Å². The van der Waals surface area contributed by atoms with E-state index in [1.165, 1.54) is 31.3 Å². The van der Waals surface area contributed by atoms with Gasteiger partial charge in [-0.25, -0.2) is 0 Å². The molecular formula is C21H30O2. The summed E-state index contributed by atoms with van der Waals surface area (Å²) in [6.07, 6.45) is 8.27. The van der Waals surface area contributed by atoms with Crippen molar-refractivity contribution in [3.8, 4) is 11.5 Å². The number of rotatable bonds is 2. The number of allylic oxidation sites excluding steroid dienone is 2. The quantitative estimate of drug-likeness (QED) is 0.564. The van der Waals surface area contributed by atoms with Gasteiger partial charge in [-0.1, -0.05) is 38.8 Å². The van der Waals surface area contributed by atoms with Gasteiger partial charge in [0.15, 0.2) is 0 Å². The Kier molecular flexibility index (Phi) is 3.98. The van der Waals surface area contributed by atoms with E-state index >= 15 is 0 Å². The van der Waals surface area contributed by atoms with E-state index in [0.29, 0.717) is 23.0 Å². The van der Waals surface area contributed by atoms with Crippen LogP contribution in [0.15, 0.2) is 29.8 Å². The van der Waals surface area contributed by atoms with Crippen LogP contribution in [0.3, 0.4) is 0 Å². The van der Waals surface area contributed by atoms with Crippen molar-refractivity contribution in [1.29, 1.82) is 0 Å². The first-order valence-corrected chi connectivity index (χ1v) is 8.91. The number of phenols is 2. The van der Waals surface area contributed by atoms with E-state index in [2.05, 4.69) is 33.8 Å². The molecule has 1 unspecified atom stereocenters. The summed E-state index contributed by atoms with van der Waals surface area (Å²) < 4.78 is 0. The van der Waals surface area contributed by atoms with E-state index in [4.69, 9.17) is 0 Å². The second-order valence-electron chi connectivity index (χ2n) is 8.65. The first-order valence-electron chi connectivity index (χ1n) is 8.91. The molecule has 2 aliphatic rings. The van der Waals surface area contributed by atoms with Crippen LogP contribution in [-0.4, -0.2) is 10.2 Å². The zero-order valence-corrected chi connectivity index (χ0v) is 14.9. The molecule has 0 aromatic heterocycles.